The SMILES string of the molecule is Cc1ccc(NC2=C(S(=O)(=O)O)C(=O)c3nccnc3C2=O)cc1C(F)(F)F. The number of nitrogens with zero attached hydrogens (tertiary/aromatic N) is 2. The molecule has 0 saturated heterocycles. The van der Waals surface area contributed by atoms with Gasteiger partial charge in [0.05, 0.1) is 5.56 Å². The molecule has 1 aliphatic rings. The maximum absolute atomic E-state index is 13.1. The Hall–Kier alpha value is -3.12. The molecule has 0 aliphatic heterocycles. The van der Waals surface area contributed by atoms with Crippen molar-refractivity contribution in [3.05, 3.63) is 63.7 Å². The van der Waals surface area contributed by atoms with E-state index < -0.39 is 55.4 Å². The van der Waals surface area contributed by atoms with Crippen LogP contribution in [0.1, 0.15) is 32.1 Å². The lowest BCUT2D eigenvalue weighted by Gasteiger charge is -2.20. The summed E-state index contributed by atoms with van der Waals surface area (Å²) >= 11 is 0. The second-order valence-electron chi connectivity index (χ2n) is 5.74. The Balaban J connectivity index is 2.19. The number of benzene rings is 1. The summed E-state index contributed by atoms with van der Waals surface area (Å²) in [6.07, 6.45) is -2.58. The number of aromatic nitrogens is 2. The van der Waals surface area contributed by atoms with Crippen LogP contribution >= 0.6 is 0 Å². The van der Waals surface area contributed by atoms with Crippen LogP contribution in [0.5, 0.6) is 0 Å². The Bertz CT molecular complexity index is 1160. The van der Waals surface area contributed by atoms with E-state index in [9.17, 15) is 35.7 Å². The first-order valence-electron chi connectivity index (χ1n) is 7.48. The number of carbonyl (C=O) groups excluding carboxylic acids is 2. The summed E-state index contributed by atoms with van der Waals surface area (Å²) < 4.78 is 72.1. The number of hydrogen-bond donors (Lipinski definition) is 2. The van der Waals surface area contributed by atoms with Crippen LogP contribution in [0, 0.1) is 6.92 Å². The summed E-state index contributed by atoms with van der Waals surface area (Å²) in [5.41, 5.74) is -3.46. The predicted octanol–water partition coefficient (Wildman–Crippen LogP) is 2.39. The van der Waals surface area contributed by atoms with Gasteiger partial charge in [-0.2, -0.15) is 21.6 Å². The van der Waals surface area contributed by atoms with E-state index in [0.717, 1.165) is 24.5 Å². The second kappa shape index (κ2) is 6.49. The van der Waals surface area contributed by atoms with Crippen LogP contribution in [0.4, 0.5) is 18.9 Å². The van der Waals surface area contributed by atoms with Gasteiger partial charge in [-0.3, -0.25) is 14.1 Å². The average molecular weight is 413 g/mol. The van der Waals surface area contributed by atoms with Gasteiger partial charge in [-0.25, -0.2) is 9.97 Å². The van der Waals surface area contributed by atoms with Crippen LogP contribution in [-0.4, -0.2) is 34.5 Å². The first-order chi connectivity index (χ1) is 12.9. The first-order valence-corrected chi connectivity index (χ1v) is 8.92. The van der Waals surface area contributed by atoms with Gasteiger partial charge in [0.1, 0.15) is 17.1 Å². The van der Waals surface area contributed by atoms with Gasteiger partial charge in [-0.05, 0) is 24.6 Å². The van der Waals surface area contributed by atoms with Gasteiger partial charge >= 0.3 is 16.3 Å². The molecule has 0 bridgehead atoms. The third-order valence-corrected chi connectivity index (χ3v) is 4.76. The van der Waals surface area contributed by atoms with Crippen molar-refractivity contribution in [2.24, 2.45) is 0 Å². The lowest BCUT2D eigenvalue weighted by molar-refractivity contribution is -0.138. The number of carbonyl (C=O) groups is 2. The van der Waals surface area contributed by atoms with E-state index in [1.54, 1.807) is 0 Å². The van der Waals surface area contributed by atoms with Crippen molar-refractivity contribution in [2.75, 3.05) is 5.32 Å². The van der Waals surface area contributed by atoms with E-state index in [1.807, 2.05) is 0 Å². The van der Waals surface area contributed by atoms with Gasteiger partial charge in [-0.1, -0.05) is 6.07 Å². The lowest BCUT2D eigenvalue weighted by atomic mass is 10.0. The summed E-state index contributed by atoms with van der Waals surface area (Å²) in [5.74, 6) is -2.43. The van der Waals surface area contributed by atoms with Gasteiger partial charge in [-0.15, -0.1) is 0 Å². The molecule has 0 spiro atoms. The van der Waals surface area contributed by atoms with Crippen molar-refractivity contribution in [3.8, 4) is 0 Å². The Morgan fingerprint density at radius 2 is 1.61 bits per heavy atom. The maximum Gasteiger partial charge on any atom is 0.416 e. The van der Waals surface area contributed by atoms with Gasteiger partial charge in [0.2, 0.25) is 11.6 Å². The molecule has 0 amide bonds. The highest BCUT2D eigenvalue weighted by molar-refractivity contribution is 7.91. The molecule has 2 aromatic rings. The lowest BCUT2D eigenvalue weighted by Crippen LogP contribution is -2.31. The normalized spacial score (nSPS) is 14.9. The molecule has 1 aromatic heterocycles. The minimum absolute atomic E-state index is 0.107. The Morgan fingerprint density at radius 3 is 2.14 bits per heavy atom. The number of aryl methyl sites for hydroxylation is 1. The molecule has 0 fully saturated rings. The zero-order valence-electron chi connectivity index (χ0n) is 13.9. The zero-order chi connectivity index (χ0) is 20.9. The molecule has 0 atom stereocenters. The van der Waals surface area contributed by atoms with E-state index in [0.29, 0.717) is 6.07 Å². The number of fused-ring (bicyclic) bond motifs is 1. The quantitative estimate of drug-likeness (QED) is 0.735. The van der Waals surface area contributed by atoms with Crippen LogP contribution < -0.4 is 5.32 Å². The van der Waals surface area contributed by atoms with Crippen LogP contribution in [0.15, 0.2) is 41.2 Å². The highest BCUT2D eigenvalue weighted by Crippen LogP contribution is 2.34. The molecule has 2 N–H and O–H groups in total. The molecule has 1 aliphatic carbocycles. The number of anilines is 1. The summed E-state index contributed by atoms with van der Waals surface area (Å²) in [7, 11) is -5.21. The van der Waals surface area contributed by atoms with E-state index in [4.69, 9.17) is 0 Å². The average Bonchev–Trinajstić information content (AvgIpc) is 2.59. The Kier molecular flexibility index (Phi) is 4.55. The Morgan fingerprint density at radius 1 is 1.04 bits per heavy atom. The fraction of sp³-hybridized carbons (Fsp3) is 0.125. The molecule has 3 rings (SSSR count). The molecule has 0 saturated carbocycles. The number of Topliss-reactive ketones (excluding diaryl/α,β-unsaturated/α-hetero) is 2. The van der Waals surface area contributed by atoms with Gasteiger partial charge in [0.25, 0.3) is 0 Å². The van der Waals surface area contributed by atoms with Crippen molar-refractivity contribution in [1.82, 2.24) is 9.97 Å². The van der Waals surface area contributed by atoms with Crippen LogP contribution in [0.2, 0.25) is 0 Å². The molecular weight excluding hydrogens is 403 g/mol. The van der Waals surface area contributed by atoms with Crippen molar-refractivity contribution in [1.29, 1.82) is 0 Å². The molecule has 1 aromatic carbocycles. The number of rotatable bonds is 3. The van der Waals surface area contributed by atoms with Gasteiger partial charge < -0.3 is 5.32 Å². The summed E-state index contributed by atoms with van der Waals surface area (Å²) in [5, 5.41) is 2.20. The zero-order valence-corrected chi connectivity index (χ0v) is 14.7. The molecule has 1 heterocycles. The number of nitrogens with one attached hydrogen (secondary N) is 1. The number of halogens is 3. The van der Waals surface area contributed by atoms with E-state index in [2.05, 4.69) is 15.3 Å². The van der Waals surface area contributed by atoms with Crippen molar-refractivity contribution in [3.63, 3.8) is 0 Å². The molecule has 0 unspecified atom stereocenters. The van der Waals surface area contributed by atoms with Crippen molar-refractivity contribution < 1.29 is 35.7 Å². The highest BCUT2D eigenvalue weighted by atomic mass is 32.2. The topological polar surface area (TPSA) is 126 Å². The maximum atomic E-state index is 13.1. The van der Waals surface area contributed by atoms with Gasteiger partial charge in [0, 0.05) is 18.1 Å². The van der Waals surface area contributed by atoms with E-state index >= 15 is 0 Å². The third-order valence-electron chi connectivity index (χ3n) is 3.86. The predicted molar refractivity (Wildman–Crippen MR) is 89.1 cm³/mol. The second-order valence-corrected chi connectivity index (χ2v) is 7.10. The number of hydrogen-bond acceptors (Lipinski definition) is 7. The molecule has 28 heavy (non-hydrogen) atoms. The highest BCUT2D eigenvalue weighted by Gasteiger charge is 2.41. The molecule has 12 heteroatoms. The van der Waals surface area contributed by atoms with Gasteiger partial charge in [0.15, 0.2) is 4.91 Å². The summed E-state index contributed by atoms with van der Waals surface area (Å²) in [6, 6.07) is 2.90. The van der Waals surface area contributed by atoms with Crippen LogP contribution in [0.3, 0.4) is 0 Å². The first kappa shape index (κ1) is 19.6. The molecule has 8 nitrogen and oxygen atoms in total. The van der Waals surface area contributed by atoms with E-state index in [-0.39, 0.29) is 11.3 Å². The fourth-order valence-electron chi connectivity index (χ4n) is 2.62. The standard InChI is InChI=1S/C16H10F3N3O5S/c1-7-2-3-8(6-9(7)16(17,18)19)22-12-13(23)10-11(21-5-4-20-10)14(24)15(12)28(25,26)27/h2-6,22H,1H3,(H,25,26,27). The van der Waals surface area contributed by atoms with E-state index in [1.165, 1.54) is 6.92 Å². The number of ketones is 2. The molecular formula is C16H10F3N3O5S. The van der Waals surface area contributed by atoms with Crippen molar-refractivity contribution >= 4 is 27.4 Å². The summed E-state index contributed by atoms with van der Waals surface area (Å²) in [6.45, 7) is 1.22. The fourth-order valence-corrected chi connectivity index (χ4v) is 3.35. The largest absolute Gasteiger partial charge is 0.416 e. The number of alkyl halides is 3. The van der Waals surface area contributed by atoms with Crippen LogP contribution in [-0.2, 0) is 16.3 Å². The minimum Gasteiger partial charge on any atom is -0.351 e. The minimum atomic E-state index is -5.21. The third kappa shape index (κ3) is 3.39. The van der Waals surface area contributed by atoms with Crippen molar-refractivity contribution in [2.45, 2.75) is 13.1 Å². The van der Waals surface area contributed by atoms with Crippen LogP contribution in [0.25, 0.3) is 0 Å². The number of allylic oxidation sites excluding steroid dienone is 2. The summed E-state index contributed by atoms with van der Waals surface area (Å²) in [4.78, 5) is 31.0. The smallest absolute Gasteiger partial charge is 0.351 e. The monoisotopic (exact) mass is 413 g/mol. The Labute approximate surface area is 155 Å². The molecule has 0 radical (unpaired) electrons. The molecule has 146 valence electrons.